The maximum absolute atomic E-state index is 6.02. The number of morpholine rings is 1. The molecule has 3 aromatic rings. The van der Waals surface area contributed by atoms with Crippen LogP contribution in [0.1, 0.15) is 11.1 Å². The second kappa shape index (κ2) is 9.72. The van der Waals surface area contributed by atoms with Crippen LogP contribution in [0.3, 0.4) is 0 Å². The molecule has 0 atom stereocenters. The average Bonchev–Trinajstić information content (AvgIpc) is 2.79. The van der Waals surface area contributed by atoms with Gasteiger partial charge in [0.1, 0.15) is 12.4 Å². The first-order chi connectivity index (χ1) is 14.3. The van der Waals surface area contributed by atoms with Gasteiger partial charge < -0.3 is 14.4 Å². The summed E-state index contributed by atoms with van der Waals surface area (Å²) in [6.07, 6.45) is 1.86. The third-order valence-electron chi connectivity index (χ3n) is 4.81. The quantitative estimate of drug-likeness (QED) is 0.457. The van der Waals surface area contributed by atoms with Gasteiger partial charge in [0.25, 0.3) is 0 Å². The van der Waals surface area contributed by atoms with Crippen molar-refractivity contribution in [2.24, 2.45) is 4.99 Å². The van der Waals surface area contributed by atoms with Gasteiger partial charge in [0.2, 0.25) is 0 Å². The smallest absolute Gasteiger partial charge is 0.128 e. The molecular weight excluding hydrogens is 428 g/mol. The van der Waals surface area contributed by atoms with E-state index in [9.17, 15) is 0 Å². The van der Waals surface area contributed by atoms with E-state index in [1.54, 1.807) is 0 Å². The summed E-state index contributed by atoms with van der Waals surface area (Å²) in [6.45, 7) is 3.97. The van der Waals surface area contributed by atoms with Crippen molar-refractivity contribution in [2.45, 2.75) is 6.61 Å². The first-order valence-corrected chi connectivity index (χ1v) is 10.5. The maximum Gasteiger partial charge on any atom is 0.128 e. The first-order valence-electron chi connectivity index (χ1n) is 9.71. The molecule has 4 nitrogen and oxygen atoms in total. The Hall–Kier alpha value is -2.63. The molecule has 0 aliphatic carbocycles. The van der Waals surface area contributed by atoms with E-state index in [4.69, 9.17) is 9.47 Å². The normalized spacial score (nSPS) is 14.3. The van der Waals surface area contributed by atoms with Crippen molar-refractivity contribution < 1.29 is 9.47 Å². The molecule has 1 heterocycles. The molecule has 0 unspecified atom stereocenters. The summed E-state index contributed by atoms with van der Waals surface area (Å²) < 4.78 is 12.5. The molecule has 4 rings (SSSR count). The molecule has 0 radical (unpaired) electrons. The number of nitrogens with zero attached hydrogens (tertiary/aromatic N) is 2. The zero-order valence-corrected chi connectivity index (χ0v) is 17.7. The Morgan fingerprint density at radius 1 is 0.931 bits per heavy atom. The number of ether oxygens (including phenoxy) is 2. The minimum atomic E-state index is 0.520. The summed E-state index contributed by atoms with van der Waals surface area (Å²) in [4.78, 5) is 6.97. The van der Waals surface area contributed by atoms with E-state index in [-0.39, 0.29) is 0 Å². The van der Waals surface area contributed by atoms with Crippen LogP contribution in [0, 0.1) is 0 Å². The first kappa shape index (κ1) is 19.7. The van der Waals surface area contributed by atoms with Crippen LogP contribution >= 0.6 is 15.9 Å². The standard InChI is InChI=1S/C24H23BrN2O2/c25-21-7-5-19(6-8-21)18-29-24-4-2-1-3-20(24)17-26-22-9-11-23(12-10-22)27-13-15-28-16-14-27/h1-12,17H,13-16,18H2. The monoisotopic (exact) mass is 450 g/mol. The van der Waals surface area contributed by atoms with Crippen molar-refractivity contribution in [2.75, 3.05) is 31.2 Å². The van der Waals surface area contributed by atoms with Gasteiger partial charge in [0.15, 0.2) is 0 Å². The summed E-state index contributed by atoms with van der Waals surface area (Å²) >= 11 is 3.46. The van der Waals surface area contributed by atoms with Crippen molar-refractivity contribution in [3.05, 3.63) is 88.4 Å². The van der Waals surface area contributed by atoms with E-state index >= 15 is 0 Å². The second-order valence-corrected chi connectivity index (χ2v) is 7.74. The predicted molar refractivity (Wildman–Crippen MR) is 122 cm³/mol. The molecule has 5 heteroatoms. The van der Waals surface area contributed by atoms with E-state index in [1.165, 1.54) is 5.69 Å². The molecule has 0 saturated carbocycles. The van der Waals surface area contributed by atoms with Crippen LogP contribution in [0.25, 0.3) is 0 Å². The summed E-state index contributed by atoms with van der Waals surface area (Å²) in [5.41, 5.74) is 4.22. The number of para-hydroxylation sites is 1. The van der Waals surface area contributed by atoms with Crippen LogP contribution in [0.2, 0.25) is 0 Å². The lowest BCUT2D eigenvalue weighted by Crippen LogP contribution is -2.36. The molecule has 0 aromatic heterocycles. The number of halogens is 1. The molecular formula is C24H23BrN2O2. The van der Waals surface area contributed by atoms with Gasteiger partial charge in [-0.15, -0.1) is 0 Å². The number of anilines is 1. The summed E-state index contributed by atoms with van der Waals surface area (Å²) in [5, 5.41) is 0. The minimum absolute atomic E-state index is 0.520. The topological polar surface area (TPSA) is 34.1 Å². The highest BCUT2D eigenvalue weighted by molar-refractivity contribution is 9.10. The average molecular weight is 451 g/mol. The van der Waals surface area contributed by atoms with Crippen molar-refractivity contribution in [1.29, 1.82) is 0 Å². The Bertz CT molecular complexity index is 949. The minimum Gasteiger partial charge on any atom is -0.488 e. The zero-order valence-electron chi connectivity index (χ0n) is 16.1. The molecule has 0 N–H and O–H groups in total. The largest absolute Gasteiger partial charge is 0.488 e. The summed E-state index contributed by atoms with van der Waals surface area (Å²) in [5.74, 6) is 0.823. The molecule has 1 saturated heterocycles. The zero-order chi connectivity index (χ0) is 19.9. The Kier molecular flexibility index (Phi) is 6.60. The van der Waals surface area contributed by atoms with E-state index in [0.29, 0.717) is 6.61 Å². The van der Waals surface area contributed by atoms with Gasteiger partial charge >= 0.3 is 0 Å². The van der Waals surface area contributed by atoms with Crippen LogP contribution < -0.4 is 9.64 Å². The van der Waals surface area contributed by atoms with Crippen molar-refractivity contribution >= 4 is 33.5 Å². The van der Waals surface area contributed by atoms with Gasteiger partial charge in [-0.25, -0.2) is 0 Å². The van der Waals surface area contributed by atoms with E-state index in [1.807, 2.05) is 54.7 Å². The van der Waals surface area contributed by atoms with Gasteiger partial charge in [-0.1, -0.05) is 40.2 Å². The molecule has 3 aromatic carbocycles. The molecule has 29 heavy (non-hydrogen) atoms. The lowest BCUT2D eigenvalue weighted by atomic mass is 10.2. The maximum atomic E-state index is 6.02. The highest BCUT2D eigenvalue weighted by atomic mass is 79.9. The summed E-state index contributed by atoms with van der Waals surface area (Å²) in [7, 11) is 0. The van der Waals surface area contributed by atoms with Crippen molar-refractivity contribution in [3.63, 3.8) is 0 Å². The van der Waals surface area contributed by atoms with Crippen LogP contribution in [-0.2, 0) is 11.3 Å². The Morgan fingerprint density at radius 3 is 2.41 bits per heavy atom. The molecule has 0 bridgehead atoms. The van der Waals surface area contributed by atoms with Crippen molar-refractivity contribution in [1.82, 2.24) is 0 Å². The summed E-state index contributed by atoms with van der Waals surface area (Å²) in [6, 6.07) is 24.4. The molecule has 1 fully saturated rings. The Balaban J connectivity index is 1.42. The van der Waals surface area contributed by atoms with Gasteiger partial charge in [-0.2, -0.15) is 0 Å². The fourth-order valence-electron chi connectivity index (χ4n) is 3.18. The number of benzene rings is 3. The number of hydrogen-bond donors (Lipinski definition) is 0. The number of rotatable bonds is 6. The molecule has 0 spiro atoms. The van der Waals surface area contributed by atoms with E-state index in [2.05, 4.69) is 50.1 Å². The highest BCUT2D eigenvalue weighted by Crippen LogP contribution is 2.23. The second-order valence-electron chi connectivity index (χ2n) is 6.83. The molecule has 148 valence electrons. The third-order valence-corrected chi connectivity index (χ3v) is 5.33. The molecule has 1 aliphatic rings. The molecule has 1 aliphatic heterocycles. The SMILES string of the molecule is Brc1ccc(COc2ccccc2C=Nc2ccc(N3CCOCC3)cc2)cc1. The van der Waals surface area contributed by atoms with Crippen molar-refractivity contribution in [3.8, 4) is 5.75 Å². The van der Waals surface area contributed by atoms with Gasteiger partial charge in [0, 0.05) is 35.0 Å². The van der Waals surface area contributed by atoms with Crippen LogP contribution in [0.15, 0.2) is 82.3 Å². The lowest BCUT2D eigenvalue weighted by Gasteiger charge is -2.28. The van der Waals surface area contributed by atoms with Crippen LogP contribution in [0.4, 0.5) is 11.4 Å². The van der Waals surface area contributed by atoms with Crippen LogP contribution in [0.5, 0.6) is 5.75 Å². The van der Waals surface area contributed by atoms with Gasteiger partial charge in [-0.3, -0.25) is 4.99 Å². The van der Waals surface area contributed by atoms with Gasteiger partial charge in [0.05, 0.1) is 18.9 Å². The fourth-order valence-corrected chi connectivity index (χ4v) is 3.44. The van der Waals surface area contributed by atoms with E-state index in [0.717, 1.165) is 53.3 Å². The molecule has 0 amide bonds. The van der Waals surface area contributed by atoms with E-state index < -0.39 is 0 Å². The predicted octanol–water partition coefficient (Wildman–Crippen LogP) is 5.62. The third kappa shape index (κ3) is 5.46. The fraction of sp³-hybridized carbons (Fsp3) is 0.208. The van der Waals surface area contributed by atoms with Crippen LogP contribution in [-0.4, -0.2) is 32.5 Å². The Morgan fingerprint density at radius 2 is 1.66 bits per heavy atom. The number of hydrogen-bond acceptors (Lipinski definition) is 4. The lowest BCUT2D eigenvalue weighted by molar-refractivity contribution is 0.122. The van der Waals surface area contributed by atoms with Gasteiger partial charge in [-0.05, 0) is 54.1 Å². The highest BCUT2D eigenvalue weighted by Gasteiger charge is 2.10. The Labute approximate surface area is 179 Å². The number of aliphatic imine (C=N–C) groups is 1.